The molecule has 3 rings (SSSR count). The van der Waals surface area contributed by atoms with Crippen LogP contribution in [0.4, 0.5) is 0 Å². The fourth-order valence-corrected chi connectivity index (χ4v) is 3.44. The Morgan fingerprint density at radius 2 is 2.07 bits per heavy atom. The van der Waals surface area contributed by atoms with Crippen LogP contribution in [0.15, 0.2) is 53.7 Å². The summed E-state index contributed by atoms with van der Waals surface area (Å²) < 4.78 is 16.5. The van der Waals surface area contributed by atoms with Crippen molar-refractivity contribution in [2.45, 2.75) is 19.6 Å². The van der Waals surface area contributed by atoms with Gasteiger partial charge in [0.1, 0.15) is 6.61 Å². The number of pyridine rings is 1. The highest BCUT2D eigenvalue weighted by molar-refractivity contribution is 5.80. The van der Waals surface area contributed by atoms with E-state index in [1.54, 1.807) is 13.3 Å². The molecule has 0 saturated carbocycles. The number of likely N-dealkylation sites (tertiary alicyclic amines) is 1. The summed E-state index contributed by atoms with van der Waals surface area (Å²) in [5, 5.41) is 3.46. The molecule has 1 aromatic heterocycles. The van der Waals surface area contributed by atoms with E-state index in [1.165, 1.54) is 0 Å². The maximum absolute atomic E-state index is 5.83. The third-order valence-electron chi connectivity index (χ3n) is 5.06. The van der Waals surface area contributed by atoms with Gasteiger partial charge in [-0.2, -0.15) is 0 Å². The van der Waals surface area contributed by atoms with Gasteiger partial charge in [-0.25, -0.2) is 4.98 Å². The number of methoxy groups -OCH3 is 1. The molecule has 1 aromatic carbocycles. The van der Waals surface area contributed by atoms with Crippen molar-refractivity contribution in [1.82, 2.24) is 15.2 Å². The molecule has 162 valence electrons. The molecule has 1 saturated heterocycles. The summed E-state index contributed by atoms with van der Waals surface area (Å²) in [6, 6.07) is 14.1. The van der Waals surface area contributed by atoms with Gasteiger partial charge in [0.05, 0.1) is 19.8 Å². The fourth-order valence-electron chi connectivity index (χ4n) is 3.44. The minimum absolute atomic E-state index is 0.508. The quantitative estimate of drug-likeness (QED) is 0.368. The molecule has 2 heterocycles. The van der Waals surface area contributed by atoms with Crippen LogP contribution in [-0.4, -0.2) is 62.9 Å². The van der Waals surface area contributed by atoms with E-state index in [2.05, 4.69) is 20.2 Å². The number of ether oxygens (including phenoxy) is 3. The van der Waals surface area contributed by atoms with Gasteiger partial charge in [0, 0.05) is 52.0 Å². The predicted octanol–water partition coefficient (Wildman–Crippen LogP) is 2.72. The molecular weight excluding hydrogens is 380 g/mol. The summed E-state index contributed by atoms with van der Waals surface area (Å²) in [6.45, 7) is 5.17. The van der Waals surface area contributed by atoms with Crippen molar-refractivity contribution in [2.24, 2.45) is 10.9 Å². The molecular formula is C23H32N4O3. The van der Waals surface area contributed by atoms with E-state index >= 15 is 0 Å². The second-order valence-corrected chi connectivity index (χ2v) is 7.35. The van der Waals surface area contributed by atoms with Crippen molar-refractivity contribution in [3.63, 3.8) is 0 Å². The predicted molar refractivity (Wildman–Crippen MR) is 118 cm³/mol. The van der Waals surface area contributed by atoms with E-state index in [9.17, 15) is 0 Å². The molecule has 7 heteroatoms. The smallest absolute Gasteiger partial charge is 0.213 e. The first-order chi connectivity index (χ1) is 14.8. The average molecular weight is 413 g/mol. The van der Waals surface area contributed by atoms with E-state index < -0.39 is 0 Å². The van der Waals surface area contributed by atoms with Crippen LogP contribution in [0.1, 0.15) is 17.5 Å². The summed E-state index contributed by atoms with van der Waals surface area (Å²) in [5.41, 5.74) is 2.23. The Morgan fingerprint density at radius 3 is 2.87 bits per heavy atom. The zero-order chi connectivity index (χ0) is 21.0. The SMILES string of the molecule is CN=C(NCc1ccnc(OCc2ccccc2)c1)N1CCC(COCCOC)C1. The molecule has 1 aliphatic rings. The van der Waals surface area contributed by atoms with E-state index in [4.69, 9.17) is 14.2 Å². The lowest BCUT2D eigenvalue weighted by molar-refractivity contribution is 0.0536. The van der Waals surface area contributed by atoms with Gasteiger partial charge in [-0.05, 0) is 23.6 Å². The van der Waals surface area contributed by atoms with Crippen LogP contribution in [0.2, 0.25) is 0 Å². The maximum atomic E-state index is 5.83. The molecule has 1 N–H and O–H groups in total. The Morgan fingerprint density at radius 1 is 1.20 bits per heavy atom. The van der Waals surface area contributed by atoms with Gasteiger partial charge in [0.15, 0.2) is 5.96 Å². The molecule has 0 spiro atoms. The normalized spacial score (nSPS) is 16.7. The number of aliphatic imine (C=N–C) groups is 1. The van der Waals surface area contributed by atoms with Gasteiger partial charge in [0.25, 0.3) is 0 Å². The van der Waals surface area contributed by atoms with Crippen molar-refractivity contribution in [3.05, 3.63) is 59.8 Å². The molecule has 1 atom stereocenters. The number of hydrogen-bond acceptors (Lipinski definition) is 5. The van der Waals surface area contributed by atoms with Crippen LogP contribution in [0.25, 0.3) is 0 Å². The minimum atomic E-state index is 0.508. The Hall–Kier alpha value is -2.64. The molecule has 0 bridgehead atoms. The first-order valence-corrected chi connectivity index (χ1v) is 10.4. The number of aromatic nitrogens is 1. The van der Waals surface area contributed by atoms with Crippen LogP contribution in [0.3, 0.4) is 0 Å². The van der Waals surface area contributed by atoms with E-state index in [-0.39, 0.29) is 0 Å². The van der Waals surface area contributed by atoms with Crippen molar-refractivity contribution >= 4 is 5.96 Å². The largest absolute Gasteiger partial charge is 0.473 e. The molecule has 30 heavy (non-hydrogen) atoms. The number of guanidine groups is 1. The topological polar surface area (TPSA) is 68.2 Å². The van der Waals surface area contributed by atoms with E-state index in [0.717, 1.165) is 43.2 Å². The zero-order valence-electron chi connectivity index (χ0n) is 17.9. The third-order valence-corrected chi connectivity index (χ3v) is 5.06. The monoisotopic (exact) mass is 412 g/mol. The summed E-state index contributed by atoms with van der Waals surface area (Å²) in [7, 11) is 3.52. The van der Waals surface area contributed by atoms with Crippen LogP contribution in [0.5, 0.6) is 5.88 Å². The zero-order valence-corrected chi connectivity index (χ0v) is 17.9. The standard InChI is InChI=1S/C23H32N4O3/c1-24-23(27-11-9-21(16-27)17-29-13-12-28-2)26-15-20-8-10-25-22(14-20)30-18-19-6-4-3-5-7-19/h3-8,10,14,21H,9,11-13,15-18H2,1-2H3,(H,24,26). The number of nitrogens with one attached hydrogen (secondary N) is 1. The van der Waals surface area contributed by atoms with Crippen molar-refractivity contribution in [3.8, 4) is 5.88 Å². The van der Waals surface area contributed by atoms with Crippen LogP contribution >= 0.6 is 0 Å². The molecule has 1 fully saturated rings. The summed E-state index contributed by atoms with van der Waals surface area (Å²) in [4.78, 5) is 11.1. The second kappa shape index (κ2) is 12.1. The van der Waals surface area contributed by atoms with Crippen LogP contribution < -0.4 is 10.1 Å². The van der Waals surface area contributed by atoms with Gasteiger partial charge < -0.3 is 24.4 Å². The van der Waals surface area contributed by atoms with Gasteiger partial charge in [0.2, 0.25) is 5.88 Å². The molecule has 0 amide bonds. The highest BCUT2D eigenvalue weighted by Crippen LogP contribution is 2.17. The Kier molecular flexibility index (Phi) is 8.93. The highest BCUT2D eigenvalue weighted by Gasteiger charge is 2.24. The molecule has 2 aromatic rings. The molecule has 0 aliphatic carbocycles. The van der Waals surface area contributed by atoms with Crippen LogP contribution in [-0.2, 0) is 22.6 Å². The number of rotatable bonds is 10. The minimum Gasteiger partial charge on any atom is -0.473 e. The van der Waals surface area contributed by atoms with Crippen molar-refractivity contribution in [2.75, 3.05) is 47.1 Å². The lowest BCUT2D eigenvalue weighted by Gasteiger charge is -2.22. The fraction of sp³-hybridized carbons (Fsp3) is 0.478. The van der Waals surface area contributed by atoms with Gasteiger partial charge in [-0.1, -0.05) is 30.3 Å². The van der Waals surface area contributed by atoms with Crippen molar-refractivity contribution < 1.29 is 14.2 Å². The summed E-state index contributed by atoms with van der Waals surface area (Å²) >= 11 is 0. The number of hydrogen-bond donors (Lipinski definition) is 1. The molecule has 1 unspecified atom stereocenters. The molecule has 7 nitrogen and oxygen atoms in total. The van der Waals surface area contributed by atoms with Crippen molar-refractivity contribution in [1.29, 1.82) is 0 Å². The number of nitrogens with zero attached hydrogens (tertiary/aromatic N) is 3. The number of benzene rings is 1. The summed E-state index contributed by atoms with van der Waals surface area (Å²) in [5.74, 6) is 2.07. The van der Waals surface area contributed by atoms with Crippen LogP contribution in [0, 0.1) is 5.92 Å². The van der Waals surface area contributed by atoms with E-state index in [0.29, 0.717) is 38.2 Å². The lowest BCUT2D eigenvalue weighted by atomic mass is 10.1. The van der Waals surface area contributed by atoms with E-state index in [1.807, 2.05) is 49.5 Å². The van der Waals surface area contributed by atoms with Gasteiger partial charge in [-0.15, -0.1) is 0 Å². The first-order valence-electron chi connectivity index (χ1n) is 10.4. The van der Waals surface area contributed by atoms with Gasteiger partial charge in [-0.3, -0.25) is 4.99 Å². The third kappa shape index (κ3) is 7.00. The summed E-state index contributed by atoms with van der Waals surface area (Å²) in [6.07, 6.45) is 2.89. The second-order valence-electron chi connectivity index (χ2n) is 7.35. The maximum Gasteiger partial charge on any atom is 0.213 e. The Labute approximate surface area is 179 Å². The Bertz CT molecular complexity index is 785. The molecule has 0 radical (unpaired) electrons. The first kappa shape index (κ1) is 22.1. The molecule has 1 aliphatic heterocycles. The lowest BCUT2D eigenvalue weighted by Crippen LogP contribution is -2.39. The Balaban J connectivity index is 1.45. The van der Waals surface area contributed by atoms with Gasteiger partial charge >= 0.3 is 0 Å². The average Bonchev–Trinajstić information content (AvgIpc) is 3.25. The highest BCUT2D eigenvalue weighted by atomic mass is 16.5.